The second-order valence-electron chi connectivity index (χ2n) is 5.93. The van der Waals surface area contributed by atoms with Crippen molar-refractivity contribution in [3.63, 3.8) is 0 Å². The number of hydrogen-bond acceptors (Lipinski definition) is 3. The maximum Gasteiger partial charge on any atom is 0.0239 e. The molecule has 2 rings (SSSR count). The minimum atomic E-state index is 0.749. The number of nitrogens with one attached hydrogen (secondary N) is 1. The van der Waals surface area contributed by atoms with Crippen molar-refractivity contribution < 1.29 is 0 Å². The van der Waals surface area contributed by atoms with Crippen molar-refractivity contribution in [3.05, 3.63) is 22.4 Å². The standard InChI is InChI=1S/C16H28N2S/c1-3-9-17-16-7-5-4-6-15(16)12-18(2)11-14-8-10-19-13-14/h8,10,13,15-17H,3-7,9,11-12H2,1-2H3. The highest BCUT2D eigenvalue weighted by Gasteiger charge is 2.25. The van der Waals surface area contributed by atoms with Crippen LogP contribution in [0, 0.1) is 5.92 Å². The number of rotatable bonds is 7. The summed E-state index contributed by atoms with van der Waals surface area (Å²) in [6.45, 7) is 5.76. The Hall–Kier alpha value is -0.380. The summed E-state index contributed by atoms with van der Waals surface area (Å²) in [6.07, 6.45) is 6.84. The Morgan fingerprint density at radius 2 is 2.21 bits per heavy atom. The zero-order valence-corrected chi connectivity index (χ0v) is 13.2. The van der Waals surface area contributed by atoms with Gasteiger partial charge in [-0.2, -0.15) is 11.3 Å². The summed E-state index contributed by atoms with van der Waals surface area (Å²) in [6, 6.07) is 2.99. The molecular formula is C16H28N2S. The Morgan fingerprint density at radius 3 is 2.95 bits per heavy atom. The van der Waals surface area contributed by atoms with Gasteiger partial charge in [0.15, 0.2) is 0 Å². The van der Waals surface area contributed by atoms with Gasteiger partial charge in [-0.25, -0.2) is 0 Å². The highest BCUT2D eigenvalue weighted by atomic mass is 32.1. The quantitative estimate of drug-likeness (QED) is 0.818. The first-order valence-electron chi connectivity index (χ1n) is 7.72. The molecule has 2 atom stereocenters. The van der Waals surface area contributed by atoms with Crippen LogP contribution in [0.25, 0.3) is 0 Å². The van der Waals surface area contributed by atoms with Gasteiger partial charge < -0.3 is 10.2 Å². The van der Waals surface area contributed by atoms with Crippen molar-refractivity contribution >= 4 is 11.3 Å². The Balaban J connectivity index is 1.80. The van der Waals surface area contributed by atoms with Crippen molar-refractivity contribution in [1.82, 2.24) is 10.2 Å². The molecule has 1 aromatic heterocycles. The van der Waals surface area contributed by atoms with Gasteiger partial charge in [-0.1, -0.05) is 19.8 Å². The van der Waals surface area contributed by atoms with E-state index < -0.39 is 0 Å². The van der Waals surface area contributed by atoms with Crippen molar-refractivity contribution in [2.75, 3.05) is 20.1 Å². The Bertz CT molecular complexity index is 337. The summed E-state index contributed by atoms with van der Waals surface area (Å²) in [7, 11) is 2.27. The monoisotopic (exact) mass is 280 g/mol. The SMILES string of the molecule is CCCNC1CCCCC1CN(C)Cc1ccsc1. The molecule has 1 aliphatic carbocycles. The van der Waals surface area contributed by atoms with Crippen LogP contribution < -0.4 is 5.32 Å². The molecule has 2 nitrogen and oxygen atoms in total. The minimum Gasteiger partial charge on any atom is -0.314 e. The molecule has 1 aliphatic rings. The fraction of sp³-hybridized carbons (Fsp3) is 0.750. The maximum absolute atomic E-state index is 3.76. The lowest BCUT2D eigenvalue weighted by molar-refractivity contribution is 0.185. The summed E-state index contributed by atoms with van der Waals surface area (Å²) in [5, 5.41) is 8.20. The Labute approximate surface area is 122 Å². The average molecular weight is 280 g/mol. The molecule has 0 aliphatic heterocycles. The van der Waals surface area contributed by atoms with E-state index in [0.29, 0.717) is 0 Å². The third-order valence-electron chi connectivity index (χ3n) is 4.14. The van der Waals surface area contributed by atoms with Gasteiger partial charge in [0.2, 0.25) is 0 Å². The largest absolute Gasteiger partial charge is 0.314 e. The first-order chi connectivity index (χ1) is 9.29. The molecule has 0 radical (unpaired) electrons. The summed E-state index contributed by atoms with van der Waals surface area (Å²) in [5.74, 6) is 0.837. The lowest BCUT2D eigenvalue weighted by Gasteiger charge is -2.35. The van der Waals surface area contributed by atoms with Crippen LogP contribution >= 0.6 is 11.3 Å². The first kappa shape index (κ1) is 15.0. The van der Waals surface area contributed by atoms with Crippen LogP contribution in [-0.2, 0) is 6.54 Å². The molecule has 19 heavy (non-hydrogen) atoms. The molecular weight excluding hydrogens is 252 g/mol. The summed E-state index contributed by atoms with van der Waals surface area (Å²) < 4.78 is 0. The van der Waals surface area contributed by atoms with Gasteiger partial charge in [-0.05, 0) is 61.2 Å². The van der Waals surface area contributed by atoms with E-state index in [1.807, 2.05) is 0 Å². The van der Waals surface area contributed by atoms with Gasteiger partial charge in [-0.3, -0.25) is 0 Å². The fourth-order valence-electron chi connectivity index (χ4n) is 3.18. The smallest absolute Gasteiger partial charge is 0.0239 e. The summed E-state index contributed by atoms with van der Waals surface area (Å²) in [4.78, 5) is 2.50. The maximum atomic E-state index is 3.76. The van der Waals surface area contributed by atoms with E-state index in [-0.39, 0.29) is 0 Å². The molecule has 0 spiro atoms. The van der Waals surface area contributed by atoms with Crippen LogP contribution in [0.2, 0.25) is 0 Å². The van der Waals surface area contributed by atoms with E-state index in [9.17, 15) is 0 Å². The lowest BCUT2D eigenvalue weighted by atomic mass is 9.84. The normalized spacial score (nSPS) is 23.9. The fourth-order valence-corrected chi connectivity index (χ4v) is 3.84. The molecule has 1 saturated carbocycles. The molecule has 2 unspecified atom stereocenters. The molecule has 0 amide bonds. The van der Waals surface area contributed by atoms with Crippen molar-refractivity contribution in [3.8, 4) is 0 Å². The highest BCUT2D eigenvalue weighted by molar-refractivity contribution is 7.07. The molecule has 1 fully saturated rings. The zero-order valence-electron chi connectivity index (χ0n) is 12.4. The Kier molecular flexibility index (Phi) is 6.35. The molecule has 0 bridgehead atoms. The van der Waals surface area contributed by atoms with E-state index >= 15 is 0 Å². The number of thiophene rings is 1. The van der Waals surface area contributed by atoms with Crippen molar-refractivity contribution in [2.24, 2.45) is 5.92 Å². The van der Waals surface area contributed by atoms with E-state index in [0.717, 1.165) is 18.5 Å². The van der Waals surface area contributed by atoms with Gasteiger partial charge >= 0.3 is 0 Å². The van der Waals surface area contributed by atoms with Crippen LogP contribution in [-0.4, -0.2) is 31.1 Å². The van der Waals surface area contributed by atoms with Crippen LogP contribution in [0.15, 0.2) is 16.8 Å². The van der Waals surface area contributed by atoms with E-state index in [1.165, 1.54) is 50.8 Å². The predicted molar refractivity (Wildman–Crippen MR) is 84.7 cm³/mol. The van der Waals surface area contributed by atoms with Crippen LogP contribution in [0.4, 0.5) is 0 Å². The van der Waals surface area contributed by atoms with Gasteiger partial charge in [0, 0.05) is 19.1 Å². The zero-order chi connectivity index (χ0) is 13.5. The molecule has 1 aromatic rings. The molecule has 3 heteroatoms. The number of nitrogens with zero attached hydrogens (tertiary/aromatic N) is 1. The highest BCUT2D eigenvalue weighted by Crippen LogP contribution is 2.25. The molecule has 108 valence electrons. The number of hydrogen-bond donors (Lipinski definition) is 1. The van der Waals surface area contributed by atoms with E-state index in [2.05, 4.69) is 41.0 Å². The molecule has 0 aromatic carbocycles. The van der Waals surface area contributed by atoms with Crippen LogP contribution in [0.1, 0.15) is 44.6 Å². The van der Waals surface area contributed by atoms with Gasteiger partial charge in [-0.15, -0.1) is 0 Å². The van der Waals surface area contributed by atoms with E-state index in [4.69, 9.17) is 0 Å². The molecule has 1 N–H and O–H groups in total. The molecule has 0 saturated heterocycles. The predicted octanol–water partition coefficient (Wildman–Crippen LogP) is 3.74. The summed E-state index contributed by atoms with van der Waals surface area (Å²) in [5.41, 5.74) is 1.46. The average Bonchev–Trinajstić information content (AvgIpc) is 2.90. The van der Waals surface area contributed by atoms with Crippen molar-refractivity contribution in [2.45, 2.75) is 51.6 Å². The minimum absolute atomic E-state index is 0.749. The second-order valence-corrected chi connectivity index (χ2v) is 6.71. The van der Waals surface area contributed by atoms with Crippen molar-refractivity contribution in [1.29, 1.82) is 0 Å². The first-order valence-corrected chi connectivity index (χ1v) is 8.67. The third kappa shape index (κ3) is 4.90. The second kappa shape index (κ2) is 8.03. The van der Waals surface area contributed by atoms with Gasteiger partial charge in [0.25, 0.3) is 0 Å². The van der Waals surface area contributed by atoms with Gasteiger partial charge in [0.1, 0.15) is 0 Å². The van der Waals surface area contributed by atoms with Gasteiger partial charge in [0.05, 0.1) is 0 Å². The summed E-state index contributed by atoms with van der Waals surface area (Å²) >= 11 is 1.80. The van der Waals surface area contributed by atoms with E-state index in [1.54, 1.807) is 11.3 Å². The topological polar surface area (TPSA) is 15.3 Å². The van der Waals surface area contributed by atoms with Crippen LogP contribution in [0.5, 0.6) is 0 Å². The third-order valence-corrected chi connectivity index (χ3v) is 4.88. The molecule has 1 heterocycles. The Morgan fingerprint density at radius 1 is 1.37 bits per heavy atom. The van der Waals surface area contributed by atoms with Crippen LogP contribution in [0.3, 0.4) is 0 Å². The lowest BCUT2D eigenvalue weighted by Crippen LogP contribution is -2.43.